The number of aliphatic hydroxyl groups is 1. The Morgan fingerprint density at radius 2 is 2.15 bits per heavy atom. The van der Waals surface area contributed by atoms with E-state index in [1.54, 1.807) is 10.9 Å². The molecule has 20 heavy (non-hydrogen) atoms. The first-order valence-corrected chi connectivity index (χ1v) is 6.42. The van der Waals surface area contributed by atoms with E-state index in [-0.39, 0.29) is 11.6 Å². The highest BCUT2D eigenvalue weighted by atomic mass is 16.3. The summed E-state index contributed by atoms with van der Waals surface area (Å²) in [4.78, 5) is 22.5. The molecule has 2 atom stereocenters. The van der Waals surface area contributed by atoms with Crippen molar-refractivity contribution >= 4 is 11.2 Å². The monoisotopic (exact) mass is 268 g/mol. The van der Waals surface area contributed by atoms with Gasteiger partial charge in [-0.1, -0.05) is 24.3 Å². The molecule has 1 aliphatic rings. The van der Waals surface area contributed by atoms with Crippen LogP contribution in [0.1, 0.15) is 17.2 Å². The van der Waals surface area contributed by atoms with E-state index in [9.17, 15) is 9.90 Å². The molecule has 0 radical (unpaired) electrons. The van der Waals surface area contributed by atoms with Gasteiger partial charge in [0.1, 0.15) is 0 Å². The Morgan fingerprint density at radius 1 is 1.30 bits per heavy atom. The van der Waals surface area contributed by atoms with Crippen LogP contribution in [-0.2, 0) is 6.42 Å². The zero-order chi connectivity index (χ0) is 13.7. The van der Waals surface area contributed by atoms with E-state index in [1.165, 1.54) is 6.33 Å². The number of hydrogen-bond acceptors (Lipinski definition) is 4. The zero-order valence-electron chi connectivity index (χ0n) is 10.5. The fraction of sp³-hybridized carbons (Fsp3) is 0.214. The second kappa shape index (κ2) is 4.01. The van der Waals surface area contributed by atoms with E-state index in [2.05, 4.69) is 15.0 Å². The average Bonchev–Trinajstić information content (AvgIpc) is 2.99. The Hall–Kier alpha value is -2.47. The number of hydrogen-bond donors (Lipinski definition) is 2. The minimum Gasteiger partial charge on any atom is -0.390 e. The first kappa shape index (κ1) is 11.4. The first-order valence-electron chi connectivity index (χ1n) is 6.42. The lowest BCUT2D eigenvalue weighted by molar-refractivity contribution is 0.145. The summed E-state index contributed by atoms with van der Waals surface area (Å²) in [6.07, 6.45) is 2.99. The highest BCUT2D eigenvalue weighted by Gasteiger charge is 2.33. The van der Waals surface area contributed by atoms with Crippen molar-refractivity contribution in [3.63, 3.8) is 0 Å². The number of nitrogens with one attached hydrogen (secondary N) is 1. The minimum absolute atomic E-state index is 0.245. The number of aromatic nitrogens is 4. The maximum absolute atomic E-state index is 11.7. The highest BCUT2D eigenvalue weighted by Crippen LogP contribution is 2.35. The van der Waals surface area contributed by atoms with E-state index in [0.29, 0.717) is 17.6 Å². The zero-order valence-corrected chi connectivity index (χ0v) is 10.5. The van der Waals surface area contributed by atoms with Crippen molar-refractivity contribution in [3.8, 4) is 0 Å². The number of imidazole rings is 1. The van der Waals surface area contributed by atoms with Crippen LogP contribution in [0.25, 0.3) is 11.2 Å². The molecule has 6 heteroatoms. The van der Waals surface area contributed by atoms with Gasteiger partial charge in [-0.2, -0.15) is 0 Å². The SMILES string of the molecule is O=c1[nH]cnc2c1ncn2[C@@H]1c2ccccc2C[C@@H]1O. The van der Waals surface area contributed by atoms with Crippen LogP contribution in [0.15, 0.2) is 41.7 Å². The van der Waals surface area contributed by atoms with Gasteiger partial charge in [-0.05, 0) is 11.1 Å². The van der Waals surface area contributed by atoms with E-state index >= 15 is 0 Å². The van der Waals surface area contributed by atoms with E-state index in [4.69, 9.17) is 0 Å². The number of nitrogens with zero attached hydrogens (tertiary/aromatic N) is 3. The predicted molar refractivity (Wildman–Crippen MR) is 72.4 cm³/mol. The number of fused-ring (bicyclic) bond motifs is 2. The normalized spacial score (nSPS) is 21.2. The van der Waals surface area contributed by atoms with Gasteiger partial charge in [-0.3, -0.25) is 4.79 Å². The van der Waals surface area contributed by atoms with E-state index < -0.39 is 6.10 Å². The van der Waals surface area contributed by atoms with Crippen molar-refractivity contribution in [2.45, 2.75) is 18.6 Å². The molecule has 0 spiro atoms. The third-order valence-electron chi connectivity index (χ3n) is 3.83. The number of benzene rings is 1. The Balaban J connectivity index is 1.96. The average molecular weight is 268 g/mol. The molecule has 2 N–H and O–H groups in total. The predicted octanol–water partition coefficient (Wildman–Crippen LogP) is 0.626. The second-order valence-corrected chi connectivity index (χ2v) is 4.97. The molecule has 6 nitrogen and oxygen atoms in total. The van der Waals surface area contributed by atoms with Crippen LogP contribution in [-0.4, -0.2) is 30.7 Å². The van der Waals surface area contributed by atoms with Gasteiger partial charge >= 0.3 is 0 Å². The molecule has 4 rings (SSSR count). The van der Waals surface area contributed by atoms with Gasteiger partial charge in [0.05, 0.1) is 24.8 Å². The van der Waals surface area contributed by atoms with Crippen molar-refractivity contribution in [1.82, 2.24) is 19.5 Å². The molecule has 0 unspecified atom stereocenters. The summed E-state index contributed by atoms with van der Waals surface area (Å²) in [6.45, 7) is 0. The Morgan fingerprint density at radius 3 is 3.05 bits per heavy atom. The lowest BCUT2D eigenvalue weighted by Crippen LogP contribution is -2.21. The van der Waals surface area contributed by atoms with Gasteiger partial charge in [-0.15, -0.1) is 0 Å². The molecule has 2 aromatic heterocycles. The summed E-state index contributed by atoms with van der Waals surface area (Å²) >= 11 is 0. The van der Waals surface area contributed by atoms with Crippen LogP contribution in [0, 0.1) is 0 Å². The lowest BCUT2D eigenvalue weighted by atomic mass is 10.1. The number of rotatable bonds is 1. The molecule has 0 saturated carbocycles. The molecular weight excluding hydrogens is 256 g/mol. The number of aliphatic hydroxyl groups excluding tert-OH is 1. The fourth-order valence-corrected chi connectivity index (χ4v) is 2.95. The summed E-state index contributed by atoms with van der Waals surface area (Å²) in [6, 6.07) is 7.67. The Bertz CT molecular complexity index is 852. The topological polar surface area (TPSA) is 83.8 Å². The van der Waals surface area contributed by atoms with Crippen molar-refractivity contribution in [1.29, 1.82) is 0 Å². The summed E-state index contributed by atoms with van der Waals surface area (Å²) < 4.78 is 1.78. The minimum atomic E-state index is -0.536. The number of H-pyrrole nitrogens is 1. The van der Waals surface area contributed by atoms with Crippen LogP contribution >= 0.6 is 0 Å². The van der Waals surface area contributed by atoms with Gasteiger partial charge in [0.25, 0.3) is 5.56 Å². The third kappa shape index (κ3) is 1.45. The van der Waals surface area contributed by atoms with Gasteiger partial charge in [0.2, 0.25) is 0 Å². The molecule has 1 aromatic carbocycles. The summed E-state index contributed by atoms with van der Waals surface area (Å²) in [5, 5.41) is 10.3. The van der Waals surface area contributed by atoms with Gasteiger partial charge in [-0.25, -0.2) is 9.97 Å². The molecule has 2 heterocycles. The smallest absolute Gasteiger partial charge is 0.278 e. The largest absolute Gasteiger partial charge is 0.390 e. The maximum Gasteiger partial charge on any atom is 0.278 e. The Kier molecular flexibility index (Phi) is 2.28. The van der Waals surface area contributed by atoms with E-state index in [0.717, 1.165) is 11.1 Å². The molecule has 3 aromatic rings. The van der Waals surface area contributed by atoms with Crippen molar-refractivity contribution < 1.29 is 5.11 Å². The molecule has 0 amide bonds. The van der Waals surface area contributed by atoms with Crippen LogP contribution in [0.2, 0.25) is 0 Å². The van der Waals surface area contributed by atoms with Crippen molar-refractivity contribution in [3.05, 3.63) is 58.4 Å². The molecule has 0 saturated heterocycles. The summed E-state index contributed by atoms with van der Waals surface area (Å²) in [5.74, 6) is 0. The third-order valence-corrected chi connectivity index (χ3v) is 3.83. The van der Waals surface area contributed by atoms with Gasteiger partial charge < -0.3 is 14.7 Å². The van der Waals surface area contributed by atoms with Crippen LogP contribution in [0.5, 0.6) is 0 Å². The second-order valence-electron chi connectivity index (χ2n) is 4.97. The quantitative estimate of drug-likeness (QED) is 0.678. The fourth-order valence-electron chi connectivity index (χ4n) is 2.95. The summed E-state index contributed by atoms with van der Waals surface area (Å²) in [7, 11) is 0. The highest BCUT2D eigenvalue weighted by molar-refractivity contribution is 5.69. The maximum atomic E-state index is 11.7. The van der Waals surface area contributed by atoms with Gasteiger partial charge in [0.15, 0.2) is 11.2 Å². The van der Waals surface area contributed by atoms with Crippen LogP contribution < -0.4 is 5.56 Å². The van der Waals surface area contributed by atoms with Crippen molar-refractivity contribution in [2.24, 2.45) is 0 Å². The van der Waals surface area contributed by atoms with Gasteiger partial charge in [0, 0.05) is 6.42 Å². The van der Waals surface area contributed by atoms with E-state index in [1.807, 2.05) is 24.3 Å². The molecular formula is C14H12N4O2. The van der Waals surface area contributed by atoms with Crippen LogP contribution in [0.4, 0.5) is 0 Å². The summed E-state index contributed by atoms with van der Waals surface area (Å²) in [5.41, 5.74) is 2.70. The standard InChI is InChI=1S/C14H12N4O2/c19-10-5-8-3-1-2-4-9(8)12(10)18-7-17-11-13(18)15-6-16-14(11)20/h1-4,6-7,10,12,19H,5H2,(H,15,16,20)/t10-,12+/m0/s1. The van der Waals surface area contributed by atoms with Crippen molar-refractivity contribution in [2.75, 3.05) is 0 Å². The first-order chi connectivity index (χ1) is 9.75. The molecule has 0 fully saturated rings. The molecule has 0 aliphatic heterocycles. The molecule has 100 valence electrons. The molecule has 0 bridgehead atoms. The Labute approximate surface area is 113 Å². The van der Waals surface area contributed by atoms with Crippen LogP contribution in [0.3, 0.4) is 0 Å². The number of aromatic amines is 1. The molecule has 1 aliphatic carbocycles. The lowest BCUT2D eigenvalue weighted by Gasteiger charge is -2.17.